The second kappa shape index (κ2) is 9.69. The summed E-state index contributed by atoms with van der Waals surface area (Å²) in [6.07, 6.45) is 11.7. The van der Waals surface area contributed by atoms with E-state index >= 15 is 0 Å². The van der Waals surface area contributed by atoms with E-state index in [0.717, 1.165) is 76.6 Å². The van der Waals surface area contributed by atoms with E-state index in [0.29, 0.717) is 23.7 Å². The van der Waals surface area contributed by atoms with E-state index < -0.39 is 10.0 Å². The molecule has 2 saturated heterocycles. The number of nitrogens with one attached hydrogen (secondary N) is 1. The van der Waals surface area contributed by atoms with Crippen LogP contribution in [0.5, 0.6) is 0 Å². The van der Waals surface area contributed by atoms with E-state index in [1.54, 1.807) is 16.4 Å². The Labute approximate surface area is 181 Å². The van der Waals surface area contributed by atoms with Crippen molar-refractivity contribution >= 4 is 27.3 Å². The molecule has 4 rings (SSSR count). The molecule has 7 heteroatoms. The van der Waals surface area contributed by atoms with Crippen LogP contribution in [0, 0.1) is 5.92 Å². The summed E-state index contributed by atoms with van der Waals surface area (Å²) in [7, 11) is -3.53. The lowest BCUT2D eigenvalue weighted by Crippen LogP contribution is -2.35. The molecular weight excluding hydrogens is 398 g/mol. The minimum absolute atomic E-state index is 0.0380. The highest BCUT2D eigenvalue weighted by Crippen LogP contribution is 2.34. The van der Waals surface area contributed by atoms with Crippen LogP contribution in [0.15, 0.2) is 23.1 Å². The Morgan fingerprint density at radius 3 is 2.10 bits per heavy atom. The molecule has 1 N–H and O–H groups in total. The van der Waals surface area contributed by atoms with Crippen molar-refractivity contribution in [2.45, 2.75) is 75.5 Å². The molecule has 0 radical (unpaired) electrons. The van der Waals surface area contributed by atoms with Crippen molar-refractivity contribution in [1.82, 2.24) is 4.31 Å². The summed E-state index contributed by atoms with van der Waals surface area (Å²) < 4.78 is 28.0. The van der Waals surface area contributed by atoms with Gasteiger partial charge in [-0.2, -0.15) is 4.31 Å². The number of anilines is 2. The number of rotatable bonds is 5. The van der Waals surface area contributed by atoms with Crippen LogP contribution in [0.1, 0.15) is 70.6 Å². The lowest BCUT2D eigenvalue weighted by Gasteiger charge is -2.28. The van der Waals surface area contributed by atoms with Gasteiger partial charge in [-0.15, -0.1) is 0 Å². The first kappa shape index (κ1) is 21.6. The molecule has 3 aliphatic rings. The zero-order chi connectivity index (χ0) is 21.0. The van der Waals surface area contributed by atoms with Gasteiger partial charge in [-0.3, -0.25) is 4.79 Å². The molecule has 1 aromatic carbocycles. The number of hydrogen-bond donors (Lipinski definition) is 1. The predicted molar refractivity (Wildman–Crippen MR) is 120 cm³/mol. The number of hydrogen-bond acceptors (Lipinski definition) is 4. The fraction of sp³-hybridized carbons (Fsp3) is 0.696. The summed E-state index contributed by atoms with van der Waals surface area (Å²) in [6.45, 7) is 3.06. The molecule has 6 nitrogen and oxygen atoms in total. The summed E-state index contributed by atoms with van der Waals surface area (Å²) in [6, 6.07) is 5.35. The van der Waals surface area contributed by atoms with Crippen molar-refractivity contribution < 1.29 is 13.2 Å². The average Bonchev–Trinajstić information content (AvgIpc) is 3.18. The highest BCUT2D eigenvalue weighted by atomic mass is 32.2. The maximum atomic E-state index is 13.2. The number of carbonyl (C=O) groups excluding carboxylic acids is 1. The van der Waals surface area contributed by atoms with Gasteiger partial charge in [0.1, 0.15) is 0 Å². The molecule has 1 aromatic rings. The molecule has 0 aromatic heterocycles. The Morgan fingerprint density at radius 1 is 0.833 bits per heavy atom. The number of sulfonamides is 1. The van der Waals surface area contributed by atoms with Gasteiger partial charge in [-0.05, 0) is 56.7 Å². The fourth-order valence-electron chi connectivity index (χ4n) is 5.04. The predicted octanol–water partition coefficient (Wildman–Crippen LogP) is 4.37. The molecule has 166 valence electrons. The zero-order valence-corrected chi connectivity index (χ0v) is 18.8. The number of carbonyl (C=O) groups is 1. The Balaban J connectivity index is 1.64. The van der Waals surface area contributed by atoms with E-state index in [4.69, 9.17) is 0 Å². The van der Waals surface area contributed by atoms with Crippen LogP contribution in [0.2, 0.25) is 0 Å². The zero-order valence-electron chi connectivity index (χ0n) is 17.9. The summed E-state index contributed by atoms with van der Waals surface area (Å²) in [5.74, 6) is 0.0837. The van der Waals surface area contributed by atoms with Crippen LogP contribution in [-0.4, -0.2) is 44.8 Å². The van der Waals surface area contributed by atoms with Crippen molar-refractivity contribution in [1.29, 1.82) is 0 Å². The van der Waals surface area contributed by atoms with Gasteiger partial charge in [0.15, 0.2) is 0 Å². The van der Waals surface area contributed by atoms with Gasteiger partial charge in [-0.1, -0.05) is 32.1 Å². The van der Waals surface area contributed by atoms with Crippen LogP contribution >= 0.6 is 0 Å². The van der Waals surface area contributed by atoms with Gasteiger partial charge in [-0.25, -0.2) is 8.42 Å². The number of nitrogens with zero attached hydrogens (tertiary/aromatic N) is 2. The summed E-state index contributed by atoms with van der Waals surface area (Å²) >= 11 is 0. The second-order valence-electron chi connectivity index (χ2n) is 9.02. The molecule has 0 spiro atoms. The standard InChI is InChI=1S/C23H35N3O3S/c27-23(19-10-4-5-11-19)24-21-18-20(30(28,29)26-16-8-3-9-17-26)12-13-22(21)25-14-6-1-2-7-15-25/h12-13,18-19H,1-11,14-17H2,(H,24,27). The van der Waals surface area contributed by atoms with Crippen LogP contribution in [0.25, 0.3) is 0 Å². The van der Waals surface area contributed by atoms with Gasteiger partial charge in [0.2, 0.25) is 15.9 Å². The molecule has 0 unspecified atom stereocenters. The molecule has 1 aliphatic carbocycles. The SMILES string of the molecule is O=C(Nc1cc(S(=O)(=O)N2CCCCC2)ccc1N1CCCCCC1)C1CCCC1. The lowest BCUT2D eigenvalue weighted by atomic mass is 10.1. The van der Waals surface area contributed by atoms with Gasteiger partial charge in [0.25, 0.3) is 0 Å². The van der Waals surface area contributed by atoms with Gasteiger partial charge in [0.05, 0.1) is 16.3 Å². The van der Waals surface area contributed by atoms with E-state index in [9.17, 15) is 13.2 Å². The molecule has 2 heterocycles. The first-order valence-electron chi connectivity index (χ1n) is 11.8. The van der Waals surface area contributed by atoms with Gasteiger partial charge < -0.3 is 10.2 Å². The maximum absolute atomic E-state index is 13.2. The Kier molecular flexibility index (Phi) is 6.98. The summed E-state index contributed by atoms with van der Waals surface area (Å²) in [5.41, 5.74) is 1.62. The fourth-order valence-corrected chi connectivity index (χ4v) is 6.58. The average molecular weight is 434 g/mol. The maximum Gasteiger partial charge on any atom is 0.243 e. The topological polar surface area (TPSA) is 69.7 Å². The van der Waals surface area contributed by atoms with E-state index in [1.807, 2.05) is 6.07 Å². The molecule has 2 aliphatic heterocycles. The van der Waals surface area contributed by atoms with Crippen LogP contribution in [0.3, 0.4) is 0 Å². The summed E-state index contributed by atoms with van der Waals surface area (Å²) in [5, 5.41) is 3.12. The first-order valence-corrected chi connectivity index (χ1v) is 13.2. The molecule has 3 fully saturated rings. The Hall–Kier alpha value is -1.60. The van der Waals surface area contributed by atoms with E-state index in [1.165, 1.54) is 12.8 Å². The van der Waals surface area contributed by atoms with Crippen molar-refractivity contribution in [3.8, 4) is 0 Å². The molecule has 0 bridgehead atoms. The minimum atomic E-state index is -3.53. The van der Waals surface area contributed by atoms with Crippen molar-refractivity contribution in [2.75, 3.05) is 36.4 Å². The highest BCUT2D eigenvalue weighted by Gasteiger charge is 2.29. The van der Waals surface area contributed by atoms with Crippen LogP contribution in [0.4, 0.5) is 11.4 Å². The van der Waals surface area contributed by atoms with Crippen molar-refractivity contribution in [2.24, 2.45) is 5.92 Å². The lowest BCUT2D eigenvalue weighted by molar-refractivity contribution is -0.119. The number of benzene rings is 1. The van der Waals surface area contributed by atoms with Crippen LogP contribution < -0.4 is 10.2 Å². The third-order valence-corrected chi connectivity index (χ3v) is 8.75. The quantitative estimate of drug-likeness (QED) is 0.749. The Morgan fingerprint density at radius 2 is 1.43 bits per heavy atom. The monoisotopic (exact) mass is 433 g/mol. The molecule has 1 saturated carbocycles. The van der Waals surface area contributed by atoms with E-state index in [-0.39, 0.29) is 11.8 Å². The number of amides is 1. The smallest absolute Gasteiger partial charge is 0.243 e. The van der Waals surface area contributed by atoms with Crippen molar-refractivity contribution in [3.05, 3.63) is 18.2 Å². The van der Waals surface area contributed by atoms with Crippen molar-refractivity contribution in [3.63, 3.8) is 0 Å². The normalized spacial score (nSPS) is 22.1. The third-order valence-electron chi connectivity index (χ3n) is 6.85. The first-order chi connectivity index (χ1) is 14.6. The third kappa shape index (κ3) is 4.83. The highest BCUT2D eigenvalue weighted by molar-refractivity contribution is 7.89. The van der Waals surface area contributed by atoms with Crippen LogP contribution in [-0.2, 0) is 14.8 Å². The van der Waals surface area contributed by atoms with Gasteiger partial charge in [0, 0.05) is 32.1 Å². The second-order valence-corrected chi connectivity index (χ2v) is 11.0. The van der Waals surface area contributed by atoms with E-state index in [2.05, 4.69) is 10.2 Å². The largest absolute Gasteiger partial charge is 0.370 e. The summed E-state index contributed by atoms with van der Waals surface area (Å²) in [4.78, 5) is 15.5. The molecule has 1 amide bonds. The van der Waals surface area contributed by atoms with Gasteiger partial charge >= 0.3 is 0 Å². The molecule has 0 atom stereocenters. The Bertz CT molecular complexity index is 835. The number of piperidine rings is 1. The molecule has 30 heavy (non-hydrogen) atoms. The molecular formula is C23H35N3O3S. The minimum Gasteiger partial charge on any atom is -0.370 e.